The van der Waals surface area contributed by atoms with Crippen LogP contribution in [-0.4, -0.2) is 65.7 Å². The summed E-state index contributed by atoms with van der Waals surface area (Å²) in [6.07, 6.45) is 9.95. The Hall–Kier alpha value is -4.87. The van der Waals surface area contributed by atoms with E-state index in [-0.39, 0.29) is 29.8 Å². The molecule has 40 heavy (non-hydrogen) atoms. The molecule has 1 amide bonds. The predicted molar refractivity (Wildman–Crippen MR) is 147 cm³/mol. The van der Waals surface area contributed by atoms with Crippen molar-refractivity contribution >= 4 is 23.4 Å². The molecule has 4 aromatic rings. The largest absolute Gasteiger partial charge is 0.421 e. The smallest absolute Gasteiger partial charge is 0.322 e. The molecule has 2 aliphatic heterocycles. The number of ether oxygens (including phenoxy) is 1. The Kier molecular flexibility index (Phi) is 6.58. The van der Waals surface area contributed by atoms with Gasteiger partial charge in [0.05, 0.1) is 11.9 Å². The highest BCUT2D eigenvalue weighted by atomic mass is 19.1. The number of aromatic nitrogens is 6. The quantitative estimate of drug-likeness (QED) is 0.347. The molecule has 2 unspecified atom stereocenters. The van der Waals surface area contributed by atoms with Crippen molar-refractivity contribution in [1.82, 2.24) is 34.6 Å². The van der Waals surface area contributed by atoms with Crippen molar-refractivity contribution in [3.8, 4) is 22.9 Å². The fourth-order valence-electron chi connectivity index (χ4n) is 5.33. The summed E-state index contributed by atoms with van der Waals surface area (Å²) in [6, 6.07) is 6.66. The van der Waals surface area contributed by atoms with Crippen LogP contribution in [0.4, 0.5) is 21.8 Å². The number of amides is 1. The van der Waals surface area contributed by atoms with Crippen molar-refractivity contribution in [2.75, 3.05) is 23.3 Å². The van der Waals surface area contributed by atoms with Gasteiger partial charge < -0.3 is 19.9 Å². The third-order valence-electron chi connectivity index (χ3n) is 7.16. The van der Waals surface area contributed by atoms with Crippen molar-refractivity contribution in [2.24, 2.45) is 7.05 Å². The van der Waals surface area contributed by atoms with Crippen LogP contribution in [0.1, 0.15) is 18.5 Å². The molecule has 12 heteroatoms. The third-order valence-corrected chi connectivity index (χ3v) is 7.16. The molecule has 0 saturated carbocycles. The Morgan fingerprint density at radius 3 is 2.62 bits per heavy atom. The Bertz CT molecular complexity index is 1580. The molecule has 11 nitrogen and oxygen atoms in total. The van der Waals surface area contributed by atoms with Crippen molar-refractivity contribution in [2.45, 2.75) is 31.8 Å². The maximum atomic E-state index is 15.3. The summed E-state index contributed by atoms with van der Waals surface area (Å²) in [5.74, 6) is 0.454. The summed E-state index contributed by atoms with van der Waals surface area (Å²) in [7, 11) is 1.83. The average molecular weight is 542 g/mol. The minimum absolute atomic E-state index is 0.0169. The number of carbonyl (C=O) groups is 1. The second-order valence-electron chi connectivity index (χ2n) is 9.93. The Morgan fingerprint density at radius 2 is 1.95 bits per heavy atom. The zero-order valence-electron chi connectivity index (χ0n) is 22.2. The minimum atomic E-state index is -0.560. The van der Waals surface area contributed by atoms with Crippen LogP contribution in [0.2, 0.25) is 0 Å². The second-order valence-corrected chi connectivity index (χ2v) is 9.93. The topological polar surface area (TPSA) is 114 Å². The number of hydrogen-bond donors (Lipinski definition) is 1. The van der Waals surface area contributed by atoms with E-state index in [9.17, 15) is 4.79 Å². The maximum Gasteiger partial charge on any atom is 0.322 e. The lowest BCUT2D eigenvalue weighted by molar-refractivity contribution is -0.126. The molecule has 0 aliphatic carbocycles. The van der Waals surface area contributed by atoms with E-state index in [0.717, 1.165) is 18.5 Å². The first kappa shape index (κ1) is 25.4. The van der Waals surface area contributed by atoms with Crippen LogP contribution in [0.15, 0.2) is 61.7 Å². The first-order valence-corrected chi connectivity index (χ1v) is 13.0. The van der Waals surface area contributed by atoms with E-state index in [1.54, 1.807) is 41.5 Å². The fourth-order valence-corrected chi connectivity index (χ4v) is 5.33. The molecule has 1 N–H and O–H groups in total. The van der Waals surface area contributed by atoms with Crippen LogP contribution < -0.4 is 15.0 Å². The van der Waals surface area contributed by atoms with Crippen molar-refractivity contribution in [3.63, 3.8) is 0 Å². The number of anilines is 3. The van der Waals surface area contributed by atoms with Crippen LogP contribution in [0.5, 0.6) is 11.8 Å². The van der Waals surface area contributed by atoms with E-state index >= 15 is 4.39 Å². The van der Waals surface area contributed by atoms with E-state index in [1.165, 1.54) is 12.1 Å². The van der Waals surface area contributed by atoms with E-state index < -0.39 is 5.82 Å². The van der Waals surface area contributed by atoms with Crippen LogP contribution in [0, 0.1) is 12.7 Å². The molecule has 2 aliphatic rings. The second kappa shape index (κ2) is 10.4. The van der Waals surface area contributed by atoms with E-state index in [4.69, 9.17) is 9.72 Å². The zero-order valence-corrected chi connectivity index (χ0v) is 22.2. The van der Waals surface area contributed by atoms with Crippen LogP contribution in [-0.2, 0) is 11.8 Å². The molecule has 2 fully saturated rings. The van der Waals surface area contributed by atoms with Crippen LogP contribution >= 0.6 is 0 Å². The Balaban J connectivity index is 1.36. The molecule has 6 rings (SSSR count). The van der Waals surface area contributed by atoms with Crippen LogP contribution in [0.3, 0.4) is 0 Å². The van der Waals surface area contributed by atoms with Gasteiger partial charge in [0.1, 0.15) is 5.82 Å². The van der Waals surface area contributed by atoms with Crippen molar-refractivity contribution in [1.29, 1.82) is 0 Å². The summed E-state index contributed by atoms with van der Waals surface area (Å²) < 4.78 is 22.6. The molecule has 1 aromatic carbocycles. The summed E-state index contributed by atoms with van der Waals surface area (Å²) >= 11 is 0. The van der Waals surface area contributed by atoms with Gasteiger partial charge in [0.25, 0.3) is 0 Å². The number of carbonyl (C=O) groups excluding carboxylic acids is 1. The first-order valence-electron chi connectivity index (χ1n) is 13.0. The lowest BCUT2D eigenvalue weighted by Gasteiger charge is -2.42. The standard InChI is InChI=1S/C28H28FN9O2/c1-4-25(39)37-15-20-6-7-21(16-37)38(20)26-22(13-31-27(35-26)34-19-12-32-36(3)14-19)18-5-8-24(23(29)11-18)40-28-30-10-9-17(2)33-28/h4-5,8-14,20-21H,1,6-7,15-16H2,2-3H3,(H,31,34,35). The number of fused-ring (bicyclic) bond motifs is 2. The molecule has 5 heterocycles. The van der Waals surface area contributed by atoms with Gasteiger partial charge >= 0.3 is 6.01 Å². The van der Waals surface area contributed by atoms with Gasteiger partial charge in [0.2, 0.25) is 11.9 Å². The lowest BCUT2D eigenvalue weighted by atomic mass is 10.1. The van der Waals surface area contributed by atoms with E-state index in [0.29, 0.717) is 41.7 Å². The molecule has 0 radical (unpaired) electrons. The lowest BCUT2D eigenvalue weighted by Crippen LogP contribution is -2.55. The molecule has 0 spiro atoms. The number of hydrogen-bond acceptors (Lipinski definition) is 9. The van der Waals surface area contributed by atoms with E-state index in [2.05, 4.69) is 36.8 Å². The van der Waals surface area contributed by atoms with Gasteiger partial charge in [-0.15, -0.1) is 0 Å². The number of nitrogens with one attached hydrogen (secondary N) is 1. The van der Waals surface area contributed by atoms with Gasteiger partial charge in [-0.3, -0.25) is 9.48 Å². The van der Waals surface area contributed by atoms with Crippen LogP contribution in [0.25, 0.3) is 11.1 Å². The zero-order chi connectivity index (χ0) is 27.8. The Labute approximate surface area is 230 Å². The summed E-state index contributed by atoms with van der Waals surface area (Å²) in [5.41, 5.74) is 2.74. The van der Waals surface area contributed by atoms with Gasteiger partial charge in [-0.2, -0.15) is 10.1 Å². The van der Waals surface area contributed by atoms with Gasteiger partial charge in [0.15, 0.2) is 11.6 Å². The number of nitrogens with zero attached hydrogens (tertiary/aromatic N) is 8. The van der Waals surface area contributed by atoms with Crippen molar-refractivity contribution < 1.29 is 13.9 Å². The number of benzene rings is 1. The summed E-state index contributed by atoms with van der Waals surface area (Å²) in [4.78, 5) is 34.1. The summed E-state index contributed by atoms with van der Waals surface area (Å²) in [5, 5.41) is 7.39. The highest BCUT2D eigenvalue weighted by Crippen LogP contribution is 2.40. The molecular weight excluding hydrogens is 513 g/mol. The highest BCUT2D eigenvalue weighted by molar-refractivity contribution is 5.87. The number of rotatable bonds is 7. The van der Waals surface area contributed by atoms with Gasteiger partial charge in [0, 0.05) is 62.1 Å². The number of halogens is 1. The van der Waals surface area contributed by atoms with Gasteiger partial charge in [-0.05, 0) is 49.6 Å². The number of aryl methyl sites for hydroxylation is 2. The third kappa shape index (κ3) is 4.95. The molecule has 2 saturated heterocycles. The molecule has 2 bridgehead atoms. The molecular formula is C28H28FN9O2. The predicted octanol–water partition coefficient (Wildman–Crippen LogP) is 4.02. The molecule has 3 aromatic heterocycles. The molecule has 2 atom stereocenters. The Morgan fingerprint density at radius 1 is 1.15 bits per heavy atom. The van der Waals surface area contributed by atoms with E-state index in [1.807, 2.05) is 25.1 Å². The normalized spacial score (nSPS) is 18.1. The molecule has 204 valence electrons. The minimum Gasteiger partial charge on any atom is -0.421 e. The highest BCUT2D eigenvalue weighted by Gasteiger charge is 2.42. The SMILES string of the molecule is C=CC(=O)N1CC2CCC(C1)N2c1nc(Nc2cnn(C)c2)ncc1-c1ccc(Oc2nccc(C)n2)c(F)c1. The van der Waals surface area contributed by atoms with Gasteiger partial charge in [-0.1, -0.05) is 12.6 Å². The fraction of sp³-hybridized carbons (Fsp3) is 0.286. The number of piperazine rings is 1. The summed E-state index contributed by atoms with van der Waals surface area (Å²) in [6.45, 7) is 6.58. The number of likely N-dealkylation sites (tertiary alicyclic amines) is 1. The monoisotopic (exact) mass is 541 g/mol. The van der Waals surface area contributed by atoms with Crippen molar-refractivity contribution in [3.05, 3.63) is 73.2 Å². The average Bonchev–Trinajstić information content (AvgIpc) is 3.47. The first-order chi connectivity index (χ1) is 19.4. The van der Waals surface area contributed by atoms with Gasteiger partial charge in [-0.25, -0.2) is 19.3 Å². The maximum absolute atomic E-state index is 15.3.